The Morgan fingerprint density at radius 3 is 3.07 bits per heavy atom. The van der Waals surface area contributed by atoms with Gasteiger partial charge in [0, 0.05) is 6.54 Å². The summed E-state index contributed by atoms with van der Waals surface area (Å²) in [7, 11) is 0. The molecular formula is C8H13N5OS. The number of H-pyrrole nitrogens is 1. The summed E-state index contributed by atoms with van der Waals surface area (Å²) >= 11 is 4.79. The van der Waals surface area contributed by atoms with Crippen molar-refractivity contribution in [3.05, 3.63) is 11.8 Å². The molecule has 1 aromatic rings. The van der Waals surface area contributed by atoms with E-state index in [4.69, 9.17) is 18.0 Å². The summed E-state index contributed by atoms with van der Waals surface area (Å²) in [5.41, 5.74) is 5.96. The topological polar surface area (TPSA) is 95.8 Å². The second-order valence-electron chi connectivity index (χ2n) is 2.90. The third-order valence-electron chi connectivity index (χ3n) is 1.68. The molecule has 0 spiro atoms. The van der Waals surface area contributed by atoms with E-state index in [2.05, 4.69) is 20.8 Å². The van der Waals surface area contributed by atoms with Crippen LogP contribution in [-0.2, 0) is 0 Å². The van der Waals surface area contributed by atoms with Crippen LogP contribution in [0.25, 0.3) is 0 Å². The molecule has 0 saturated heterocycles. The molecule has 0 aliphatic heterocycles. The Bertz CT molecular complexity index is 362. The smallest absolute Gasteiger partial charge is 0.320 e. The molecule has 1 aromatic heterocycles. The van der Waals surface area contributed by atoms with Gasteiger partial charge in [-0.2, -0.15) is 5.10 Å². The lowest BCUT2D eigenvalue weighted by Gasteiger charge is -2.05. The molecule has 0 bridgehead atoms. The first-order chi connectivity index (χ1) is 7.15. The maximum atomic E-state index is 11.3. The molecule has 0 unspecified atom stereocenters. The number of aromatic amines is 1. The standard InChI is InChI=1S/C8H13N5OS/c1-2-3-10-8(14)12-7-5(6(9)15)4-11-13-7/h4H,2-3H2,1H3,(H2,9,15)(H3,10,11,12,13,14). The molecule has 7 heteroatoms. The first-order valence-electron chi connectivity index (χ1n) is 4.53. The molecule has 0 aliphatic rings. The summed E-state index contributed by atoms with van der Waals surface area (Å²) in [4.78, 5) is 11.5. The van der Waals surface area contributed by atoms with Crippen LogP contribution in [0.3, 0.4) is 0 Å². The van der Waals surface area contributed by atoms with Crippen molar-refractivity contribution in [1.29, 1.82) is 0 Å². The summed E-state index contributed by atoms with van der Waals surface area (Å²) in [6, 6.07) is -0.307. The highest BCUT2D eigenvalue weighted by atomic mass is 32.1. The van der Waals surface area contributed by atoms with Gasteiger partial charge in [-0.05, 0) is 6.42 Å². The quantitative estimate of drug-likeness (QED) is 0.566. The first-order valence-corrected chi connectivity index (χ1v) is 4.94. The van der Waals surface area contributed by atoms with Gasteiger partial charge in [-0.1, -0.05) is 19.1 Å². The van der Waals surface area contributed by atoms with Crippen LogP contribution in [0.15, 0.2) is 6.20 Å². The van der Waals surface area contributed by atoms with Crippen molar-refractivity contribution in [2.45, 2.75) is 13.3 Å². The third kappa shape index (κ3) is 3.21. The summed E-state index contributed by atoms with van der Waals surface area (Å²) in [6.45, 7) is 2.58. The number of carbonyl (C=O) groups is 1. The molecular weight excluding hydrogens is 214 g/mol. The molecule has 0 saturated carbocycles. The van der Waals surface area contributed by atoms with Crippen molar-refractivity contribution in [2.75, 3.05) is 11.9 Å². The van der Waals surface area contributed by atoms with Crippen LogP contribution in [0.4, 0.5) is 10.6 Å². The Hall–Kier alpha value is -1.63. The highest BCUT2D eigenvalue weighted by Gasteiger charge is 2.09. The van der Waals surface area contributed by atoms with Gasteiger partial charge in [-0.25, -0.2) is 4.79 Å². The Labute approximate surface area is 92.6 Å². The van der Waals surface area contributed by atoms with E-state index in [1.165, 1.54) is 6.20 Å². The van der Waals surface area contributed by atoms with E-state index in [1.54, 1.807) is 0 Å². The lowest BCUT2D eigenvalue weighted by atomic mass is 10.3. The van der Waals surface area contributed by atoms with Crippen molar-refractivity contribution >= 4 is 29.1 Å². The molecule has 0 fully saturated rings. The van der Waals surface area contributed by atoms with Gasteiger partial charge < -0.3 is 11.1 Å². The van der Waals surface area contributed by atoms with Gasteiger partial charge in [0.1, 0.15) is 10.8 Å². The predicted molar refractivity (Wildman–Crippen MR) is 61.8 cm³/mol. The highest BCUT2D eigenvalue weighted by molar-refractivity contribution is 7.80. The monoisotopic (exact) mass is 227 g/mol. The van der Waals surface area contributed by atoms with E-state index >= 15 is 0 Å². The second-order valence-corrected chi connectivity index (χ2v) is 3.34. The number of hydrogen-bond acceptors (Lipinski definition) is 3. The number of aromatic nitrogens is 2. The van der Waals surface area contributed by atoms with Crippen LogP contribution in [0.1, 0.15) is 18.9 Å². The van der Waals surface area contributed by atoms with Crippen LogP contribution < -0.4 is 16.4 Å². The number of rotatable bonds is 4. The third-order valence-corrected chi connectivity index (χ3v) is 1.90. The van der Waals surface area contributed by atoms with Crippen molar-refractivity contribution < 1.29 is 4.79 Å². The summed E-state index contributed by atoms with van der Waals surface area (Å²) in [5.74, 6) is 0.413. The van der Waals surface area contributed by atoms with Crippen molar-refractivity contribution in [1.82, 2.24) is 15.5 Å². The minimum Gasteiger partial charge on any atom is -0.389 e. The maximum absolute atomic E-state index is 11.3. The van der Waals surface area contributed by atoms with Gasteiger partial charge in [-0.3, -0.25) is 10.4 Å². The number of nitrogens with two attached hydrogens (primary N) is 1. The van der Waals surface area contributed by atoms with Crippen molar-refractivity contribution in [3.63, 3.8) is 0 Å². The van der Waals surface area contributed by atoms with Crippen LogP contribution in [0.5, 0.6) is 0 Å². The lowest BCUT2D eigenvalue weighted by Crippen LogP contribution is -2.30. The lowest BCUT2D eigenvalue weighted by molar-refractivity contribution is 0.252. The summed E-state index contributed by atoms with van der Waals surface area (Å²) < 4.78 is 0. The zero-order valence-corrected chi connectivity index (χ0v) is 9.15. The first kappa shape index (κ1) is 11.4. The van der Waals surface area contributed by atoms with Gasteiger partial charge >= 0.3 is 6.03 Å². The molecule has 2 amide bonds. The Morgan fingerprint density at radius 1 is 1.73 bits per heavy atom. The number of amides is 2. The van der Waals surface area contributed by atoms with Gasteiger partial charge in [0.25, 0.3) is 0 Å². The number of urea groups is 1. The minimum absolute atomic E-state index is 0.189. The Balaban J connectivity index is 2.60. The SMILES string of the molecule is CCCNC(=O)Nc1[nH]ncc1C(N)=S. The van der Waals surface area contributed by atoms with Gasteiger partial charge in [0.2, 0.25) is 0 Å². The summed E-state index contributed by atoms with van der Waals surface area (Å²) in [6.07, 6.45) is 2.34. The molecule has 0 aliphatic carbocycles. The number of nitrogens with zero attached hydrogens (tertiary/aromatic N) is 1. The van der Waals surface area contributed by atoms with E-state index in [1.807, 2.05) is 6.92 Å². The largest absolute Gasteiger partial charge is 0.389 e. The van der Waals surface area contributed by atoms with Crippen molar-refractivity contribution in [3.8, 4) is 0 Å². The molecule has 1 heterocycles. The van der Waals surface area contributed by atoms with Crippen LogP contribution in [-0.4, -0.2) is 27.8 Å². The van der Waals surface area contributed by atoms with E-state index in [0.29, 0.717) is 17.9 Å². The molecule has 6 nitrogen and oxygen atoms in total. The van der Waals surface area contributed by atoms with E-state index in [0.717, 1.165) is 6.42 Å². The normalized spacial score (nSPS) is 9.67. The van der Waals surface area contributed by atoms with Gasteiger partial charge in [0.15, 0.2) is 0 Å². The van der Waals surface area contributed by atoms with Crippen LogP contribution in [0.2, 0.25) is 0 Å². The Kier molecular flexibility index (Phi) is 4.04. The molecule has 0 radical (unpaired) electrons. The van der Waals surface area contributed by atoms with Gasteiger partial charge in [-0.15, -0.1) is 0 Å². The fourth-order valence-electron chi connectivity index (χ4n) is 0.965. The summed E-state index contributed by atoms with van der Waals surface area (Å²) in [5, 5.41) is 11.6. The van der Waals surface area contributed by atoms with E-state index in [9.17, 15) is 4.79 Å². The van der Waals surface area contributed by atoms with Crippen LogP contribution in [0, 0.1) is 0 Å². The molecule has 15 heavy (non-hydrogen) atoms. The number of nitrogens with one attached hydrogen (secondary N) is 3. The minimum atomic E-state index is -0.307. The fraction of sp³-hybridized carbons (Fsp3) is 0.375. The average Bonchev–Trinajstić information content (AvgIpc) is 2.62. The van der Waals surface area contributed by atoms with E-state index < -0.39 is 0 Å². The van der Waals surface area contributed by atoms with E-state index in [-0.39, 0.29) is 11.0 Å². The molecule has 82 valence electrons. The van der Waals surface area contributed by atoms with Gasteiger partial charge in [0.05, 0.1) is 11.8 Å². The number of anilines is 1. The molecule has 0 aromatic carbocycles. The number of carbonyl (C=O) groups excluding carboxylic acids is 1. The molecule has 5 N–H and O–H groups in total. The number of thiocarbonyl (C=S) groups is 1. The fourth-order valence-corrected chi connectivity index (χ4v) is 1.12. The number of hydrogen-bond donors (Lipinski definition) is 4. The average molecular weight is 227 g/mol. The molecule has 1 rings (SSSR count). The zero-order chi connectivity index (χ0) is 11.3. The Morgan fingerprint density at radius 2 is 2.47 bits per heavy atom. The van der Waals surface area contributed by atoms with Crippen molar-refractivity contribution in [2.24, 2.45) is 5.73 Å². The second kappa shape index (κ2) is 5.30. The highest BCUT2D eigenvalue weighted by Crippen LogP contribution is 2.09. The van der Waals surface area contributed by atoms with Crippen LogP contribution >= 0.6 is 12.2 Å². The zero-order valence-electron chi connectivity index (χ0n) is 8.33. The molecule has 0 atom stereocenters. The predicted octanol–water partition coefficient (Wildman–Crippen LogP) is 0.575. The maximum Gasteiger partial charge on any atom is 0.320 e.